The molecule has 2 aliphatic carbocycles. The van der Waals surface area contributed by atoms with Gasteiger partial charge in [-0.1, -0.05) is 19.1 Å². The number of ketones is 1. The predicted octanol–water partition coefficient (Wildman–Crippen LogP) is 3.62. The molecule has 0 unspecified atom stereocenters. The average Bonchev–Trinajstić information content (AvgIpc) is 3.11. The number of esters is 1. The van der Waals surface area contributed by atoms with Crippen LogP contribution in [0, 0.1) is 17.3 Å². The molecular formula is C27H34N2O4. The zero-order chi connectivity index (χ0) is 23.3. The van der Waals surface area contributed by atoms with Crippen molar-refractivity contribution >= 4 is 17.4 Å². The van der Waals surface area contributed by atoms with E-state index in [4.69, 9.17) is 9.47 Å². The van der Waals surface area contributed by atoms with Gasteiger partial charge in [-0.15, -0.1) is 0 Å². The van der Waals surface area contributed by atoms with Gasteiger partial charge in [-0.25, -0.2) is 0 Å². The van der Waals surface area contributed by atoms with Crippen LogP contribution in [0.25, 0.3) is 0 Å². The summed E-state index contributed by atoms with van der Waals surface area (Å²) in [6.07, 6.45) is 5.36. The van der Waals surface area contributed by atoms with Gasteiger partial charge in [-0.3, -0.25) is 14.5 Å². The van der Waals surface area contributed by atoms with E-state index in [2.05, 4.69) is 35.8 Å². The maximum Gasteiger partial charge on any atom is 0.311 e. The Kier molecular flexibility index (Phi) is 5.60. The van der Waals surface area contributed by atoms with Crippen LogP contribution >= 0.6 is 0 Å². The number of anilines is 1. The summed E-state index contributed by atoms with van der Waals surface area (Å²) in [7, 11) is 1.69. The highest BCUT2D eigenvalue weighted by molar-refractivity contribution is 6.05. The second-order valence-electron chi connectivity index (χ2n) is 10.3. The minimum atomic E-state index is -0.259. The number of fused-ring (bicyclic) bond motifs is 3. The Balaban J connectivity index is 1.29. The summed E-state index contributed by atoms with van der Waals surface area (Å²) in [4.78, 5) is 30.2. The largest absolute Gasteiger partial charge is 0.497 e. The zero-order valence-corrected chi connectivity index (χ0v) is 20.0. The molecule has 0 bridgehead atoms. The van der Waals surface area contributed by atoms with Gasteiger partial charge < -0.3 is 14.4 Å². The van der Waals surface area contributed by atoms with Crippen LogP contribution in [0.15, 0.2) is 47.6 Å². The Bertz CT molecular complexity index is 1030. The van der Waals surface area contributed by atoms with Crippen LogP contribution in [0.4, 0.5) is 5.69 Å². The summed E-state index contributed by atoms with van der Waals surface area (Å²) in [5.74, 6) is 0.842. The van der Waals surface area contributed by atoms with E-state index in [1.54, 1.807) is 13.2 Å². The third-order valence-corrected chi connectivity index (χ3v) is 8.28. The van der Waals surface area contributed by atoms with Crippen molar-refractivity contribution in [2.24, 2.45) is 17.3 Å². The molecule has 2 aliphatic heterocycles. The Morgan fingerprint density at radius 3 is 2.82 bits per heavy atom. The molecule has 33 heavy (non-hydrogen) atoms. The van der Waals surface area contributed by atoms with Gasteiger partial charge in [0.05, 0.1) is 13.0 Å². The van der Waals surface area contributed by atoms with Crippen LogP contribution in [0.5, 0.6) is 5.75 Å². The molecular weight excluding hydrogens is 416 g/mol. The van der Waals surface area contributed by atoms with Crippen molar-refractivity contribution in [2.45, 2.75) is 45.8 Å². The first-order valence-electron chi connectivity index (χ1n) is 12.1. The Morgan fingerprint density at radius 2 is 2.06 bits per heavy atom. The molecule has 1 aromatic carbocycles. The van der Waals surface area contributed by atoms with Crippen molar-refractivity contribution in [3.63, 3.8) is 0 Å². The standard InChI is InChI=1S/C27H34N2O4/c1-17-15-28(12-13-29(17)19-6-5-7-20(14-19)32-4)16-22-21-8-10-27(3)11-9-23(30)18(2)24(27)25(21)33-26(22)31/h5-7,9,11,14,17,21-22,25H,8,10,12-13,15-16H2,1-4H3/t17-,21+,22-,25+,27+/m1/s1. The number of nitrogens with zero attached hydrogens (tertiary/aromatic N) is 2. The highest BCUT2D eigenvalue weighted by Crippen LogP contribution is 2.53. The molecule has 3 fully saturated rings. The molecule has 1 aromatic rings. The van der Waals surface area contributed by atoms with Gasteiger partial charge in [-0.2, -0.15) is 0 Å². The first kappa shape index (κ1) is 22.2. The molecule has 176 valence electrons. The van der Waals surface area contributed by atoms with Crippen LogP contribution < -0.4 is 9.64 Å². The summed E-state index contributed by atoms with van der Waals surface area (Å²) in [6.45, 7) is 9.74. The summed E-state index contributed by atoms with van der Waals surface area (Å²) in [5, 5.41) is 0. The smallest absolute Gasteiger partial charge is 0.311 e. The van der Waals surface area contributed by atoms with Gasteiger partial charge in [0.1, 0.15) is 11.9 Å². The van der Waals surface area contributed by atoms with Crippen molar-refractivity contribution in [3.8, 4) is 5.75 Å². The monoisotopic (exact) mass is 450 g/mol. The van der Waals surface area contributed by atoms with Gasteiger partial charge in [0, 0.05) is 60.9 Å². The molecule has 5 atom stereocenters. The Morgan fingerprint density at radius 1 is 1.24 bits per heavy atom. The van der Waals surface area contributed by atoms with E-state index in [1.165, 1.54) is 5.69 Å². The lowest BCUT2D eigenvalue weighted by Gasteiger charge is -2.44. The average molecular weight is 451 g/mol. The summed E-state index contributed by atoms with van der Waals surface area (Å²) in [5.41, 5.74) is 2.80. The van der Waals surface area contributed by atoms with Gasteiger partial charge in [0.15, 0.2) is 5.78 Å². The van der Waals surface area contributed by atoms with Gasteiger partial charge in [-0.05, 0) is 50.5 Å². The fourth-order valence-electron chi connectivity index (χ4n) is 6.43. The lowest BCUT2D eigenvalue weighted by Crippen LogP contribution is -2.53. The maximum atomic E-state index is 13.0. The first-order chi connectivity index (χ1) is 15.8. The zero-order valence-electron chi connectivity index (χ0n) is 20.0. The normalized spacial score (nSPS) is 34.2. The number of allylic oxidation sites excluding steroid dienone is 3. The van der Waals surface area contributed by atoms with Crippen molar-refractivity contribution < 1.29 is 19.1 Å². The maximum absolute atomic E-state index is 13.0. The Hall–Kier alpha value is -2.60. The fraction of sp³-hybridized carbons (Fsp3) is 0.556. The molecule has 6 nitrogen and oxygen atoms in total. The van der Waals surface area contributed by atoms with E-state index in [0.29, 0.717) is 6.04 Å². The molecule has 5 rings (SSSR count). The highest BCUT2D eigenvalue weighted by atomic mass is 16.6. The molecule has 0 radical (unpaired) electrons. The third kappa shape index (κ3) is 3.78. The number of ether oxygens (including phenoxy) is 2. The topological polar surface area (TPSA) is 59.1 Å². The number of carbonyl (C=O) groups is 2. The summed E-state index contributed by atoms with van der Waals surface area (Å²) < 4.78 is 11.4. The van der Waals surface area contributed by atoms with Crippen LogP contribution in [-0.2, 0) is 14.3 Å². The van der Waals surface area contributed by atoms with Crippen LogP contribution in [0.2, 0.25) is 0 Å². The summed E-state index contributed by atoms with van der Waals surface area (Å²) >= 11 is 0. The van der Waals surface area contributed by atoms with Crippen molar-refractivity contribution in [2.75, 3.05) is 38.2 Å². The lowest BCUT2D eigenvalue weighted by atomic mass is 9.61. The lowest BCUT2D eigenvalue weighted by molar-refractivity contribution is -0.144. The fourth-order valence-corrected chi connectivity index (χ4v) is 6.43. The van der Waals surface area contributed by atoms with E-state index < -0.39 is 0 Å². The first-order valence-corrected chi connectivity index (χ1v) is 12.1. The van der Waals surface area contributed by atoms with Crippen molar-refractivity contribution in [1.82, 2.24) is 4.90 Å². The Labute approximate surface area is 196 Å². The predicted molar refractivity (Wildman–Crippen MR) is 127 cm³/mol. The van der Waals surface area contributed by atoms with Crippen LogP contribution in [-0.4, -0.2) is 62.1 Å². The second-order valence-corrected chi connectivity index (χ2v) is 10.3. The van der Waals surface area contributed by atoms with Gasteiger partial charge in [0.2, 0.25) is 0 Å². The number of benzene rings is 1. The van der Waals surface area contributed by atoms with Crippen molar-refractivity contribution in [1.29, 1.82) is 0 Å². The molecule has 6 heteroatoms. The van der Waals surface area contributed by atoms with E-state index in [-0.39, 0.29) is 35.1 Å². The quantitative estimate of drug-likeness (QED) is 0.653. The van der Waals surface area contributed by atoms with E-state index in [1.807, 2.05) is 25.1 Å². The van der Waals surface area contributed by atoms with E-state index in [0.717, 1.165) is 55.9 Å². The highest BCUT2D eigenvalue weighted by Gasteiger charge is 2.54. The van der Waals surface area contributed by atoms with E-state index >= 15 is 0 Å². The minimum absolute atomic E-state index is 0.0464. The molecule has 2 heterocycles. The number of methoxy groups -OCH3 is 1. The second kappa shape index (κ2) is 8.32. The number of piperazine rings is 1. The molecule has 0 spiro atoms. The van der Waals surface area contributed by atoms with Crippen LogP contribution in [0.3, 0.4) is 0 Å². The molecule has 0 aromatic heterocycles. The van der Waals surface area contributed by atoms with Gasteiger partial charge in [0.25, 0.3) is 0 Å². The number of hydrogen-bond donors (Lipinski definition) is 0. The molecule has 0 amide bonds. The SMILES string of the molecule is COc1cccc(N2CCN(C[C@H]3C(=O)O[C@@H]4C5=C(C)C(=O)C=C[C@]5(C)CC[C@H]43)C[C@H]2C)c1. The van der Waals surface area contributed by atoms with Crippen LogP contribution in [0.1, 0.15) is 33.6 Å². The summed E-state index contributed by atoms with van der Waals surface area (Å²) in [6, 6.07) is 8.54. The molecule has 4 aliphatic rings. The number of carbonyl (C=O) groups excluding carboxylic acids is 2. The molecule has 0 N–H and O–H groups in total. The number of rotatable bonds is 4. The van der Waals surface area contributed by atoms with E-state index in [9.17, 15) is 9.59 Å². The third-order valence-electron chi connectivity index (χ3n) is 8.28. The van der Waals surface area contributed by atoms with Gasteiger partial charge >= 0.3 is 5.97 Å². The van der Waals surface area contributed by atoms with Crippen molar-refractivity contribution in [3.05, 3.63) is 47.6 Å². The number of hydrogen-bond acceptors (Lipinski definition) is 6. The molecule has 2 saturated heterocycles. The molecule has 1 saturated carbocycles. The minimum Gasteiger partial charge on any atom is -0.497 e.